The molecule has 0 atom stereocenters. The van der Waals surface area contributed by atoms with Crippen molar-refractivity contribution in [3.8, 4) is 0 Å². The van der Waals surface area contributed by atoms with Crippen molar-refractivity contribution in [3.05, 3.63) is 28.5 Å². The van der Waals surface area contributed by atoms with Crippen LogP contribution in [0.5, 0.6) is 0 Å². The summed E-state index contributed by atoms with van der Waals surface area (Å²) in [6.45, 7) is -1.22. The standard InChI is InChI=1S/C11H10BrF3N2O/c12-9-3-1-2-8(16-9)10(18)17(7-4-5-7)6-11(13,14)15/h1-3,7H,4-6H2. The fourth-order valence-electron chi connectivity index (χ4n) is 1.62. The molecule has 0 unspecified atom stereocenters. The van der Waals surface area contributed by atoms with E-state index in [1.807, 2.05) is 0 Å². The molecule has 0 N–H and O–H groups in total. The zero-order valence-electron chi connectivity index (χ0n) is 9.25. The Kier molecular flexibility index (Phi) is 3.61. The smallest absolute Gasteiger partial charge is 0.325 e. The van der Waals surface area contributed by atoms with Gasteiger partial charge in [-0.05, 0) is 40.9 Å². The Hall–Kier alpha value is -1.11. The van der Waals surface area contributed by atoms with Gasteiger partial charge in [-0.15, -0.1) is 0 Å². The average Bonchev–Trinajstić information content (AvgIpc) is 3.07. The molecule has 98 valence electrons. The lowest BCUT2D eigenvalue weighted by Crippen LogP contribution is -2.40. The van der Waals surface area contributed by atoms with Crippen LogP contribution in [0, 0.1) is 0 Å². The minimum Gasteiger partial charge on any atom is -0.325 e. The summed E-state index contributed by atoms with van der Waals surface area (Å²) >= 11 is 3.09. The summed E-state index contributed by atoms with van der Waals surface area (Å²) < 4.78 is 37.7. The zero-order valence-corrected chi connectivity index (χ0v) is 10.8. The lowest BCUT2D eigenvalue weighted by Gasteiger charge is -2.23. The molecule has 0 aliphatic heterocycles. The van der Waals surface area contributed by atoms with E-state index < -0.39 is 18.6 Å². The molecule has 18 heavy (non-hydrogen) atoms. The molecule has 0 aromatic carbocycles. The van der Waals surface area contributed by atoms with Crippen LogP contribution in [-0.4, -0.2) is 34.6 Å². The Morgan fingerprint density at radius 1 is 1.44 bits per heavy atom. The Labute approximate surface area is 110 Å². The minimum atomic E-state index is -4.38. The molecule has 1 heterocycles. The van der Waals surface area contributed by atoms with Crippen molar-refractivity contribution >= 4 is 21.8 Å². The molecule has 0 spiro atoms. The molecule has 1 aliphatic carbocycles. The van der Waals surface area contributed by atoms with Gasteiger partial charge in [0.1, 0.15) is 16.8 Å². The highest BCUT2D eigenvalue weighted by Gasteiger charge is 2.41. The van der Waals surface area contributed by atoms with E-state index in [4.69, 9.17) is 0 Å². The van der Waals surface area contributed by atoms with Gasteiger partial charge in [0.25, 0.3) is 5.91 Å². The second-order valence-electron chi connectivity index (χ2n) is 4.12. The number of nitrogens with zero attached hydrogens (tertiary/aromatic N) is 2. The molecule has 1 saturated carbocycles. The fourth-order valence-corrected chi connectivity index (χ4v) is 1.96. The van der Waals surface area contributed by atoms with Crippen molar-refractivity contribution in [2.45, 2.75) is 25.1 Å². The topological polar surface area (TPSA) is 33.2 Å². The van der Waals surface area contributed by atoms with Crippen molar-refractivity contribution in [1.82, 2.24) is 9.88 Å². The predicted molar refractivity (Wildman–Crippen MR) is 62.1 cm³/mol. The lowest BCUT2D eigenvalue weighted by atomic mass is 10.3. The van der Waals surface area contributed by atoms with Gasteiger partial charge in [0.15, 0.2) is 0 Å². The third-order valence-corrected chi connectivity index (χ3v) is 2.97. The van der Waals surface area contributed by atoms with Crippen molar-refractivity contribution < 1.29 is 18.0 Å². The first-order valence-electron chi connectivity index (χ1n) is 5.37. The van der Waals surface area contributed by atoms with Gasteiger partial charge in [-0.2, -0.15) is 13.2 Å². The first-order valence-corrected chi connectivity index (χ1v) is 6.16. The first-order chi connectivity index (χ1) is 8.37. The second-order valence-corrected chi connectivity index (χ2v) is 4.94. The molecule has 1 amide bonds. The quantitative estimate of drug-likeness (QED) is 0.801. The number of aromatic nitrogens is 1. The number of amides is 1. The number of carbonyl (C=O) groups is 1. The summed E-state index contributed by atoms with van der Waals surface area (Å²) in [6.07, 6.45) is -3.14. The number of rotatable bonds is 3. The third-order valence-electron chi connectivity index (χ3n) is 2.53. The van der Waals surface area contributed by atoms with E-state index in [2.05, 4.69) is 20.9 Å². The number of halogens is 4. The summed E-state index contributed by atoms with van der Waals surface area (Å²) in [5.74, 6) is -0.670. The Bertz CT molecular complexity index is 460. The molecule has 1 aromatic rings. The van der Waals surface area contributed by atoms with E-state index in [0.717, 1.165) is 4.90 Å². The summed E-state index contributed by atoms with van der Waals surface area (Å²) in [5, 5.41) is 0. The van der Waals surface area contributed by atoms with Gasteiger partial charge in [-0.25, -0.2) is 4.98 Å². The van der Waals surface area contributed by atoms with Gasteiger partial charge < -0.3 is 4.90 Å². The maximum atomic E-state index is 12.4. The van der Waals surface area contributed by atoms with E-state index in [1.165, 1.54) is 6.07 Å². The van der Waals surface area contributed by atoms with E-state index in [0.29, 0.717) is 17.4 Å². The minimum absolute atomic E-state index is 0.0283. The Balaban J connectivity index is 2.18. The maximum absolute atomic E-state index is 12.4. The largest absolute Gasteiger partial charge is 0.406 e. The predicted octanol–water partition coefficient (Wildman–Crippen LogP) is 3.01. The fraction of sp³-hybridized carbons (Fsp3) is 0.455. The highest BCUT2D eigenvalue weighted by atomic mass is 79.9. The second kappa shape index (κ2) is 4.87. The number of alkyl halides is 3. The van der Waals surface area contributed by atoms with Crippen LogP contribution in [0.25, 0.3) is 0 Å². The Morgan fingerprint density at radius 3 is 2.61 bits per heavy atom. The van der Waals surface area contributed by atoms with E-state index in [9.17, 15) is 18.0 Å². The van der Waals surface area contributed by atoms with Crippen LogP contribution in [0.4, 0.5) is 13.2 Å². The molecule has 1 fully saturated rings. The van der Waals surface area contributed by atoms with Gasteiger partial charge in [0, 0.05) is 6.04 Å². The van der Waals surface area contributed by atoms with E-state index >= 15 is 0 Å². The van der Waals surface area contributed by atoms with Gasteiger partial charge in [-0.1, -0.05) is 6.07 Å². The van der Waals surface area contributed by atoms with Crippen molar-refractivity contribution in [2.75, 3.05) is 6.54 Å². The zero-order chi connectivity index (χ0) is 13.3. The summed E-state index contributed by atoms with van der Waals surface area (Å²) in [4.78, 5) is 16.7. The molecular weight excluding hydrogens is 313 g/mol. The summed E-state index contributed by atoms with van der Waals surface area (Å²) in [6, 6.07) is 4.30. The monoisotopic (exact) mass is 322 g/mol. The normalized spacial score (nSPS) is 15.6. The molecule has 0 saturated heterocycles. The lowest BCUT2D eigenvalue weighted by molar-refractivity contribution is -0.141. The van der Waals surface area contributed by atoms with E-state index in [-0.39, 0.29) is 11.7 Å². The van der Waals surface area contributed by atoms with Crippen molar-refractivity contribution in [1.29, 1.82) is 0 Å². The first kappa shape index (κ1) is 13.3. The van der Waals surface area contributed by atoms with Gasteiger partial charge >= 0.3 is 6.18 Å². The van der Waals surface area contributed by atoms with Crippen LogP contribution >= 0.6 is 15.9 Å². The number of hydrogen-bond acceptors (Lipinski definition) is 2. The molecule has 1 aliphatic rings. The summed E-state index contributed by atoms with van der Waals surface area (Å²) in [7, 11) is 0. The number of pyridine rings is 1. The molecule has 2 rings (SSSR count). The highest BCUT2D eigenvalue weighted by Crippen LogP contribution is 2.31. The van der Waals surface area contributed by atoms with Crippen LogP contribution in [0.1, 0.15) is 23.3 Å². The van der Waals surface area contributed by atoms with Crippen LogP contribution in [0.15, 0.2) is 22.8 Å². The van der Waals surface area contributed by atoms with Gasteiger partial charge in [0.2, 0.25) is 0 Å². The SMILES string of the molecule is O=C(c1cccc(Br)n1)N(CC(F)(F)F)C1CC1. The number of hydrogen-bond donors (Lipinski definition) is 0. The van der Waals surface area contributed by atoms with Crippen molar-refractivity contribution in [3.63, 3.8) is 0 Å². The molecule has 1 aromatic heterocycles. The Morgan fingerprint density at radius 2 is 2.11 bits per heavy atom. The van der Waals surface area contributed by atoms with Crippen LogP contribution in [-0.2, 0) is 0 Å². The van der Waals surface area contributed by atoms with E-state index in [1.54, 1.807) is 12.1 Å². The maximum Gasteiger partial charge on any atom is 0.406 e. The highest BCUT2D eigenvalue weighted by molar-refractivity contribution is 9.10. The van der Waals surface area contributed by atoms with Crippen LogP contribution < -0.4 is 0 Å². The molecular formula is C11H10BrF3N2O. The molecule has 7 heteroatoms. The third kappa shape index (κ3) is 3.44. The molecule has 0 radical (unpaired) electrons. The molecule has 3 nitrogen and oxygen atoms in total. The van der Waals surface area contributed by atoms with Crippen LogP contribution in [0.3, 0.4) is 0 Å². The van der Waals surface area contributed by atoms with Gasteiger partial charge in [-0.3, -0.25) is 4.79 Å². The summed E-state index contributed by atoms with van der Waals surface area (Å²) in [5.41, 5.74) is 0.0283. The van der Waals surface area contributed by atoms with Gasteiger partial charge in [0.05, 0.1) is 0 Å². The average molecular weight is 323 g/mol. The van der Waals surface area contributed by atoms with Crippen molar-refractivity contribution in [2.24, 2.45) is 0 Å². The number of carbonyl (C=O) groups excluding carboxylic acids is 1. The van der Waals surface area contributed by atoms with Crippen LogP contribution in [0.2, 0.25) is 0 Å². The molecule has 0 bridgehead atoms.